The van der Waals surface area contributed by atoms with E-state index >= 15 is 0 Å². The predicted octanol–water partition coefficient (Wildman–Crippen LogP) is 3.93. The Labute approximate surface area is 134 Å². The normalized spacial score (nSPS) is 16.1. The van der Waals surface area contributed by atoms with E-state index in [1.165, 1.54) is 36.0 Å². The van der Waals surface area contributed by atoms with Gasteiger partial charge in [-0.2, -0.15) is 0 Å². The highest BCUT2D eigenvalue weighted by Crippen LogP contribution is 2.23. The number of carbonyl (C=O) groups is 1. The van der Waals surface area contributed by atoms with Crippen LogP contribution in [0.5, 0.6) is 0 Å². The summed E-state index contributed by atoms with van der Waals surface area (Å²) in [4.78, 5) is 11.4. The van der Waals surface area contributed by atoms with Crippen molar-refractivity contribution in [3.05, 3.63) is 34.9 Å². The van der Waals surface area contributed by atoms with Gasteiger partial charge in [-0.1, -0.05) is 39.0 Å². The van der Waals surface area contributed by atoms with E-state index in [2.05, 4.69) is 44.3 Å². The van der Waals surface area contributed by atoms with Crippen molar-refractivity contribution in [3.8, 4) is 0 Å². The van der Waals surface area contributed by atoms with Crippen molar-refractivity contribution in [2.45, 2.75) is 71.9 Å². The van der Waals surface area contributed by atoms with E-state index in [-0.39, 0.29) is 5.41 Å². The lowest BCUT2D eigenvalue weighted by Crippen LogP contribution is -2.37. The van der Waals surface area contributed by atoms with E-state index in [0.29, 0.717) is 13.0 Å². The Morgan fingerprint density at radius 1 is 1.23 bits per heavy atom. The molecule has 0 fully saturated rings. The summed E-state index contributed by atoms with van der Waals surface area (Å²) in [5, 5.41) is 12.6. The largest absolute Gasteiger partial charge is 0.480 e. The summed E-state index contributed by atoms with van der Waals surface area (Å²) in [6.07, 6.45) is 6.48. The van der Waals surface area contributed by atoms with Crippen LogP contribution in [0.3, 0.4) is 0 Å². The summed E-state index contributed by atoms with van der Waals surface area (Å²) in [6.45, 7) is 7.08. The fourth-order valence-electron chi connectivity index (χ4n) is 3.03. The summed E-state index contributed by atoms with van der Waals surface area (Å²) < 4.78 is 0. The van der Waals surface area contributed by atoms with E-state index in [4.69, 9.17) is 0 Å². The summed E-state index contributed by atoms with van der Waals surface area (Å²) in [7, 11) is 0. The molecule has 1 aliphatic carbocycles. The molecule has 1 aromatic rings. The smallest absolute Gasteiger partial charge is 0.320 e. The Hall–Kier alpha value is -1.35. The third-order valence-electron chi connectivity index (χ3n) is 4.45. The SMILES string of the molecule is CC(C)(C)CCC(NCc1ccc2c(c1)CCCC2)C(=O)O. The lowest BCUT2D eigenvalue weighted by Gasteiger charge is -2.22. The Kier molecular flexibility index (Phi) is 5.63. The molecule has 0 saturated heterocycles. The Morgan fingerprint density at radius 3 is 2.55 bits per heavy atom. The van der Waals surface area contributed by atoms with E-state index in [9.17, 15) is 9.90 Å². The van der Waals surface area contributed by atoms with Gasteiger partial charge in [0.05, 0.1) is 0 Å². The molecule has 3 heteroatoms. The maximum absolute atomic E-state index is 11.4. The number of hydrogen-bond donors (Lipinski definition) is 2. The molecule has 122 valence electrons. The average molecular weight is 303 g/mol. The highest BCUT2D eigenvalue weighted by Gasteiger charge is 2.20. The van der Waals surface area contributed by atoms with Crippen LogP contribution in [-0.4, -0.2) is 17.1 Å². The quantitative estimate of drug-likeness (QED) is 0.837. The van der Waals surface area contributed by atoms with E-state index in [1.54, 1.807) is 0 Å². The Bertz CT molecular complexity index is 517. The molecule has 0 saturated carbocycles. The minimum absolute atomic E-state index is 0.168. The maximum Gasteiger partial charge on any atom is 0.320 e. The van der Waals surface area contributed by atoms with Gasteiger partial charge in [0.2, 0.25) is 0 Å². The fourth-order valence-corrected chi connectivity index (χ4v) is 3.03. The second-order valence-electron chi connectivity index (χ2n) is 7.68. The molecule has 0 aromatic heterocycles. The van der Waals surface area contributed by atoms with Crippen LogP contribution in [0.25, 0.3) is 0 Å². The summed E-state index contributed by atoms with van der Waals surface area (Å²) in [5.74, 6) is -0.748. The molecule has 2 rings (SSSR count). The number of hydrogen-bond acceptors (Lipinski definition) is 2. The fraction of sp³-hybridized carbons (Fsp3) is 0.632. The number of carboxylic acid groups (broad SMARTS) is 1. The van der Waals surface area contributed by atoms with Crippen molar-refractivity contribution in [1.29, 1.82) is 0 Å². The van der Waals surface area contributed by atoms with Crippen molar-refractivity contribution in [2.75, 3.05) is 0 Å². The number of nitrogens with one attached hydrogen (secondary N) is 1. The number of benzene rings is 1. The first-order chi connectivity index (χ1) is 10.3. The Morgan fingerprint density at radius 2 is 1.91 bits per heavy atom. The average Bonchev–Trinajstić information content (AvgIpc) is 2.45. The van der Waals surface area contributed by atoms with Crippen molar-refractivity contribution in [2.24, 2.45) is 5.41 Å². The third kappa shape index (κ3) is 5.13. The second-order valence-corrected chi connectivity index (χ2v) is 7.68. The van der Waals surface area contributed by atoms with Crippen molar-refractivity contribution < 1.29 is 9.90 Å². The first-order valence-electron chi connectivity index (χ1n) is 8.42. The van der Waals surface area contributed by atoms with Crippen LogP contribution in [0.1, 0.15) is 63.1 Å². The number of aryl methyl sites for hydroxylation is 2. The van der Waals surface area contributed by atoms with Gasteiger partial charge < -0.3 is 10.4 Å². The number of aliphatic carboxylic acids is 1. The van der Waals surface area contributed by atoms with Crippen LogP contribution in [-0.2, 0) is 24.2 Å². The van der Waals surface area contributed by atoms with Gasteiger partial charge in [0, 0.05) is 6.54 Å². The monoisotopic (exact) mass is 303 g/mol. The van der Waals surface area contributed by atoms with E-state index in [0.717, 1.165) is 12.8 Å². The summed E-state index contributed by atoms with van der Waals surface area (Å²) in [6, 6.07) is 6.15. The molecule has 0 bridgehead atoms. The molecular formula is C19H29NO2. The molecule has 0 radical (unpaired) electrons. The standard InChI is InChI=1S/C19H29NO2/c1-19(2,3)11-10-17(18(21)22)20-13-14-8-9-15-6-4-5-7-16(15)12-14/h8-9,12,17,20H,4-7,10-11,13H2,1-3H3,(H,21,22). The van der Waals surface area contributed by atoms with Crippen LogP contribution in [0.4, 0.5) is 0 Å². The van der Waals surface area contributed by atoms with Gasteiger partial charge >= 0.3 is 5.97 Å². The number of carboxylic acids is 1. The van der Waals surface area contributed by atoms with Gasteiger partial charge in [-0.15, -0.1) is 0 Å². The van der Waals surface area contributed by atoms with Gasteiger partial charge in [0.25, 0.3) is 0 Å². The van der Waals surface area contributed by atoms with Crippen LogP contribution >= 0.6 is 0 Å². The summed E-state index contributed by atoms with van der Waals surface area (Å²) >= 11 is 0. The molecule has 1 unspecified atom stereocenters. The molecule has 0 heterocycles. The molecule has 1 aromatic carbocycles. The highest BCUT2D eigenvalue weighted by atomic mass is 16.4. The third-order valence-corrected chi connectivity index (χ3v) is 4.45. The van der Waals surface area contributed by atoms with Crippen LogP contribution < -0.4 is 5.32 Å². The molecular weight excluding hydrogens is 274 g/mol. The van der Waals surface area contributed by atoms with Gasteiger partial charge in [-0.3, -0.25) is 4.79 Å². The molecule has 0 amide bonds. The van der Waals surface area contributed by atoms with Crippen molar-refractivity contribution >= 4 is 5.97 Å². The minimum Gasteiger partial charge on any atom is -0.480 e. The van der Waals surface area contributed by atoms with Crippen molar-refractivity contribution in [3.63, 3.8) is 0 Å². The van der Waals surface area contributed by atoms with E-state index < -0.39 is 12.0 Å². The lowest BCUT2D eigenvalue weighted by molar-refractivity contribution is -0.139. The topological polar surface area (TPSA) is 49.3 Å². The summed E-state index contributed by atoms with van der Waals surface area (Å²) in [5.41, 5.74) is 4.29. The first kappa shape index (κ1) is 17.0. The van der Waals surface area contributed by atoms with Gasteiger partial charge in [0.15, 0.2) is 0 Å². The van der Waals surface area contributed by atoms with Gasteiger partial charge in [0.1, 0.15) is 6.04 Å². The lowest BCUT2D eigenvalue weighted by atomic mass is 9.88. The second kappa shape index (κ2) is 7.28. The van der Waals surface area contributed by atoms with Crippen molar-refractivity contribution in [1.82, 2.24) is 5.32 Å². The number of fused-ring (bicyclic) bond motifs is 1. The zero-order valence-corrected chi connectivity index (χ0v) is 14.1. The molecule has 1 aliphatic rings. The minimum atomic E-state index is -0.748. The van der Waals surface area contributed by atoms with Gasteiger partial charge in [-0.25, -0.2) is 0 Å². The molecule has 1 atom stereocenters. The van der Waals surface area contributed by atoms with Gasteiger partial charge in [-0.05, 0) is 60.6 Å². The zero-order chi connectivity index (χ0) is 16.2. The highest BCUT2D eigenvalue weighted by molar-refractivity contribution is 5.73. The molecule has 22 heavy (non-hydrogen) atoms. The molecule has 0 aliphatic heterocycles. The van der Waals surface area contributed by atoms with Crippen LogP contribution in [0.2, 0.25) is 0 Å². The maximum atomic E-state index is 11.4. The van der Waals surface area contributed by atoms with E-state index in [1.807, 2.05) is 0 Å². The molecule has 0 spiro atoms. The molecule has 3 nitrogen and oxygen atoms in total. The Balaban J connectivity index is 1.93. The zero-order valence-electron chi connectivity index (χ0n) is 14.1. The first-order valence-corrected chi connectivity index (χ1v) is 8.42. The van der Waals surface area contributed by atoms with Crippen LogP contribution in [0, 0.1) is 5.41 Å². The van der Waals surface area contributed by atoms with Crippen LogP contribution in [0.15, 0.2) is 18.2 Å². The molecule has 2 N–H and O–H groups in total. The predicted molar refractivity (Wildman–Crippen MR) is 90.0 cm³/mol. The number of rotatable bonds is 6.